The molecule has 0 unspecified atom stereocenters. The first-order valence-corrected chi connectivity index (χ1v) is 9.92. The van der Waals surface area contributed by atoms with Gasteiger partial charge in [-0.05, 0) is 54.1 Å². The Kier molecular flexibility index (Phi) is 5.46. The monoisotopic (exact) mass is 421 g/mol. The Morgan fingerprint density at radius 3 is 2.33 bits per heavy atom. The molecule has 6 heteroatoms. The molecule has 4 aromatic rings. The van der Waals surface area contributed by atoms with Crippen LogP contribution in [0.25, 0.3) is 16.6 Å². The number of benzene rings is 3. The van der Waals surface area contributed by atoms with Crippen molar-refractivity contribution in [3.8, 4) is 17.2 Å². The van der Waals surface area contributed by atoms with Gasteiger partial charge in [-0.25, -0.2) is 9.36 Å². The second kappa shape index (κ2) is 8.20. The van der Waals surface area contributed by atoms with E-state index in [0.29, 0.717) is 28.5 Å². The number of ether oxygens (including phenoxy) is 2. The van der Waals surface area contributed by atoms with E-state index in [2.05, 4.69) is 4.57 Å². The molecule has 0 fully saturated rings. The maximum absolute atomic E-state index is 13.3. The van der Waals surface area contributed by atoms with E-state index >= 15 is 0 Å². The molecule has 0 atom stereocenters. The number of fused-ring (bicyclic) bond motifs is 1. The van der Waals surface area contributed by atoms with Crippen LogP contribution in [0.2, 0.25) is 5.02 Å². The molecule has 0 spiro atoms. The van der Waals surface area contributed by atoms with Crippen LogP contribution < -0.4 is 19.6 Å². The predicted octanol–water partition coefficient (Wildman–Crippen LogP) is 4.31. The molecule has 1 heterocycles. The fourth-order valence-corrected chi connectivity index (χ4v) is 3.83. The van der Waals surface area contributed by atoms with E-state index in [-0.39, 0.29) is 5.56 Å². The smallest absolute Gasteiger partial charge is 0.350 e. The maximum atomic E-state index is 13.3. The highest BCUT2D eigenvalue weighted by molar-refractivity contribution is 6.30. The fraction of sp³-hybridized carbons (Fsp3) is 0.167. The van der Waals surface area contributed by atoms with Crippen LogP contribution in [-0.2, 0) is 6.54 Å². The Morgan fingerprint density at radius 2 is 1.63 bits per heavy atom. The topological polar surface area (TPSA) is 44.3 Å². The normalized spacial score (nSPS) is 10.9. The highest BCUT2D eigenvalue weighted by Crippen LogP contribution is 2.27. The summed E-state index contributed by atoms with van der Waals surface area (Å²) in [6.45, 7) is 2.52. The molecule has 3 aromatic carbocycles. The number of para-hydroxylation sites is 1. The zero-order valence-electron chi connectivity index (χ0n) is 17.1. The zero-order chi connectivity index (χ0) is 21.3. The molecular weight excluding hydrogens is 400 g/mol. The van der Waals surface area contributed by atoms with E-state index in [0.717, 1.165) is 22.6 Å². The van der Waals surface area contributed by atoms with Gasteiger partial charge in [0.25, 0.3) is 5.82 Å². The van der Waals surface area contributed by atoms with Crippen molar-refractivity contribution in [2.75, 3.05) is 14.2 Å². The summed E-state index contributed by atoms with van der Waals surface area (Å²) < 4.78 is 14.7. The highest BCUT2D eigenvalue weighted by atomic mass is 35.5. The lowest BCUT2D eigenvalue weighted by molar-refractivity contribution is -0.673. The summed E-state index contributed by atoms with van der Waals surface area (Å²) in [5.74, 6) is 2.17. The van der Waals surface area contributed by atoms with Crippen LogP contribution in [0.4, 0.5) is 0 Å². The minimum absolute atomic E-state index is 0.0611. The van der Waals surface area contributed by atoms with Gasteiger partial charge in [-0.15, -0.1) is 0 Å². The average molecular weight is 422 g/mol. The summed E-state index contributed by atoms with van der Waals surface area (Å²) in [6, 6.07) is 20.8. The predicted molar refractivity (Wildman–Crippen MR) is 118 cm³/mol. The van der Waals surface area contributed by atoms with Gasteiger partial charge in [0.1, 0.15) is 23.1 Å². The molecule has 0 radical (unpaired) electrons. The lowest BCUT2D eigenvalue weighted by atomic mass is 10.1. The molecule has 0 saturated heterocycles. The summed E-state index contributed by atoms with van der Waals surface area (Å²) in [7, 11) is 3.24. The lowest BCUT2D eigenvalue weighted by Gasteiger charge is -2.13. The number of nitrogens with zero attached hydrogens (tertiary/aromatic N) is 2. The van der Waals surface area contributed by atoms with Crippen molar-refractivity contribution in [2.24, 2.45) is 0 Å². The third kappa shape index (κ3) is 3.53. The number of halogens is 1. The van der Waals surface area contributed by atoms with Crippen molar-refractivity contribution >= 4 is 22.5 Å². The Labute approximate surface area is 179 Å². The Hall–Kier alpha value is -3.31. The second-order valence-corrected chi connectivity index (χ2v) is 7.39. The van der Waals surface area contributed by atoms with Gasteiger partial charge in [0.05, 0.1) is 14.2 Å². The van der Waals surface area contributed by atoms with Crippen LogP contribution in [-0.4, -0.2) is 18.8 Å². The van der Waals surface area contributed by atoms with Gasteiger partial charge >= 0.3 is 5.56 Å². The Morgan fingerprint density at radius 1 is 0.933 bits per heavy atom. The highest BCUT2D eigenvalue weighted by Gasteiger charge is 2.22. The number of aromatic nitrogens is 2. The van der Waals surface area contributed by atoms with Crippen molar-refractivity contribution in [3.05, 3.63) is 93.5 Å². The second-order valence-electron chi connectivity index (χ2n) is 6.96. The first kappa shape index (κ1) is 20.0. The van der Waals surface area contributed by atoms with Crippen LogP contribution in [0.3, 0.4) is 0 Å². The van der Waals surface area contributed by atoms with E-state index in [4.69, 9.17) is 21.1 Å². The standard InChI is InChI=1S/C24H22ClN2O3/c1-16-26(15-17-8-13-22(29-2)23(14-17)30-3)21-7-5-4-6-20(21)24(28)27(16)19-11-9-18(25)10-12-19/h4-14H,15H2,1-3H3/q+1. The largest absolute Gasteiger partial charge is 0.493 e. The molecule has 0 aliphatic rings. The van der Waals surface area contributed by atoms with Crippen molar-refractivity contribution in [3.63, 3.8) is 0 Å². The van der Waals surface area contributed by atoms with Gasteiger partial charge in [-0.3, -0.25) is 0 Å². The number of rotatable bonds is 5. The maximum Gasteiger partial charge on any atom is 0.350 e. The third-order valence-electron chi connectivity index (χ3n) is 5.22. The molecule has 0 bridgehead atoms. The minimum Gasteiger partial charge on any atom is -0.493 e. The first-order valence-electron chi connectivity index (χ1n) is 9.54. The van der Waals surface area contributed by atoms with Gasteiger partial charge in [0.15, 0.2) is 11.5 Å². The van der Waals surface area contributed by atoms with Crippen molar-refractivity contribution in [1.29, 1.82) is 0 Å². The molecule has 4 rings (SSSR count). The van der Waals surface area contributed by atoms with Crippen LogP contribution in [0.5, 0.6) is 11.5 Å². The molecule has 0 aliphatic heterocycles. The van der Waals surface area contributed by atoms with Gasteiger partial charge in [-0.2, -0.15) is 4.57 Å². The molecule has 5 nitrogen and oxygen atoms in total. The molecule has 0 aliphatic carbocycles. The van der Waals surface area contributed by atoms with Crippen LogP contribution >= 0.6 is 11.6 Å². The molecule has 0 N–H and O–H groups in total. The summed E-state index contributed by atoms with van der Waals surface area (Å²) in [4.78, 5) is 13.3. The summed E-state index contributed by atoms with van der Waals surface area (Å²) >= 11 is 6.05. The minimum atomic E-state index is -0.0611. The lowest BCUT2D eigenvalue weighted by Crippen LogP contribution is -2.45. The molecular formula is C24H22ClN2O3+. The van der Waals surface area contributed by atoms with Gasteiger partial charge in [0.2, 0.25) is 0 Å². The van der Waals surface area contributed by atoms with Crippen molar-refractivity contribution in [1.82, 2.24) is 4.57 Å². The molecule has 152 valence electrons. The number of hydrogen-bond acceptors (Lipinski definition) is 3. The number of hydrogen-bond donors (Lipinski definition) is 0. The fourth-order valence-electron chi connectivity index (χ4n) is 3.71. The quantitative estimate of drug-likeness (QED) is 0.451. The molecule has 1 aromatic heterocycles. The van der Waals surface area contributed by atoms with Crippen molar-refractivity contribution in [2.45, 2.75) is 13.5 Å². The molecule has 0 amide bonds. The molecule has 30 heavy (non-hydrogen) atoms. The first-order chi connectivity index (χ1) is 14.5. The Bertz CT molecular complexity index is 1280. The van der Waals surface area contributed by atoms with Crippen LogP contribution in [0.1, 0.15) is 11.4 Å². The summed E-state index contributed by atoms with van der Waals surface area (Å²) in [5.41, 5.74) is 2.62. The van der Waals surface area contributed by atoms with Crippen LogP contribution in [0, 0.1) is 6.92 Å². The van der Waals surface area contributed by atoms with E-state index in [1.807, 2.05) is 61.5 Å². The summed E-state index contributed by atoms with van der Waals surface area (Å²) in [5, 5.41) is 1.28. The average Bonchev–Trinajstić information content (AvgIpc) is 2.77. The van der Waals surface area contributed by atoms with Gasteiger partial charge in [0, 0.05) is 11.9 Å². The SMILES string of the molecule is COc1ccc(C[n+]2c(C)n(-c3ccc(Cl)cc3)c(=O)c3ccccc32)cc1OC. The summed E-state index contributed by atoms with van der Waals surface area (Å²) in [6.07, 6.45) is 0. The van der Waals surface area contributed by atoms with E-state index in [1.165, 1.54) is 0 Å². The van der Waals surface area contributed by atoms with Gasteiger partial charge < -0.3 is 9.47 Å². The van der Waals surface area contributed by atoms with Crippen molar-refractivity contribution < 1.29 is 14.0 Å². The van der Waals surface area contributed by atoms with E-state index in [1.54, 1.807) is 30.9 Å². The number of methoxy groups -OCH3 is 2. The van der Waals surface area contributed by atoms with E-state index in [9.17, 15) is 4.79 Å². The Balaban J connectivity index is 1.93. The zero-order valence-corrected chi connectivity index (χ0v) is 17.8. The molecule has 0 saturated carbocycles. The third-order valence-corrected chi connectivity index (χ3v) is 5.47. The van der Waals surface area contributed by atoms with Crippen LogP contribution in [0.15, 0.2) is 71.5 Å². The van der Waals surface area contributed by atoms with Gasteiger partial charge in [-0.1, -0.05) is 29.8 Å². The van der Waals surface area contributed by atoms with E-state index < -0.39 is 0 Å².